The summed E-state index contributed by atoms with van der Waals surface area (Å²) < 4.78 is 10.1. The second-order valence-electron chi connectivity index (χ2n) is 3.18. The second kappa shape index (κ2) is 8.69. The van der Waals surface area contributed by atoms with Gasteiger partial charge in [0.25, 0.3) is 0 Å². The van der Waals surface area contributed by atoms with Gasteiger partial charge in [-0.2, -0.15) is 0 Å². The van der Waals surface area contributed by atoms with Gasteiger partial charge in [-0.05, 0) is 25.8 Å². The van der Waals surface area contributed by atoms with Crippen LogP contribution in [0.3, 0.4) is 0 Å². The van der Waals surface area contributed by atoms with Gasteiger partial charge < -0.3 is 0 Å². The molecule has 0 aliphatic carbocycles. The second-order valence-corrected chi connectivity index (χ2v) is 3.65. The molecule has 0 fully saturated rings. The third-order valence-corrected chi connectivity index (χ3v) is 1.95. The Bertz CT molecular complexity index is 291. The fourth-order valence-electron chi connectivity index (χ4n) is 1.01. The van der Waals surface area contributed by atoms with Crippen LogP contribution in [0.5, 0.6) is 0 Å². The van der Waals surface area contributed by atoms with Crippen molar-refractivity contribution in [1.82, 2.24) is 0 Å². The highest BCUT2D eigenvalue weighted by atomic mass is 31.1. The molecule has 0 aromatic heterocycles. The first kappa shape index (κ1) is 13.1. The quantitative estimate of drug-likeness (QED) is 0.365. The zero-order valence-corrected chi connectivity index (χ0v) is 9.97. The van der Waals surface area contributed by atoms with Gasteiger partial charge in [-0.3, -0.25) is 4.57 Å². The summed E-state index contributed by atoms with van der Waals surface area (Å²) in [6.45, 7) is 6.22. The predicted octanol–water partition coefficient (Wildman–Crippen LogP) is 4.64. The topological polar surface area (TPSA) is 17.1 Å². The Morgan fingerprint density at radius 3 is 2.71 bits per heavy atom. The van der Waals surface area contributed by atoms with Crippen LogP contribution < -0.4 is 0 Å². The molecular weight excluding hydrogens is 191 g/mol. The maximum absolute atomic E-state index is 10.1. The number of hydrogen-bond acceptors (Lipinski definition) is 1. The summed E-state index contributed by atoms with van der Waals surface area (Å²) >= 11 is 0. The molecule has 0 aromatic rings. The lowest BCUT2D eigenvalue weighted by molar-refractivity contribution is 0.603. The molecule has 76 valence electrons. The molecule has 0 spiro atoms. The smallest absolute Gasteiger partial charge is 0.192 e. The molecular formula is C12H17OP. The summed E-state index contributed by atoms with van der Waals surface area (Å²) in [6, 6.07) is 0. The molecule has 0 aromatic carbocycles. The van der Waals surface area contributed by atoms with E-state index in [0.717, 1.165) is 12.0 Å². The van der Waals surface area contributed by atoms with Gasteiger partial charge in [-0.15, -0.1) is 5.73 Å². The van der Waals surface area contributed by atoms with E-state index in [0.29, 0.717) is 0 Å². The van der Waals surface area contributed by atoms with Gasteiger partial charge in [0.15, 0.2) is 8.46 Å². The monoisotopic (exact) mass is 208 g/mol. The Balaban J connectivity index is 4.24. The first-order valence-electron chi connectivity index (χ1n) is 4.78. The molecule has 0 aliphatic rings. The van der Waals surface area contributed by atoms with Crippen LogP contribution in [-0.2, 0) is 4.57 Å². The maximum Gasteiger partial charge on any atom is 0.192 e. The average Bonchev–Trinajstić information content (AvgIpc) is 2.15. The van der Waals surface area contributed by atoms with E-state index < -0.39 is 0 Å². The van der Waals surface area contributed by atoms with Crippen LogP contribution in [0.15, 0.2) is 40.9 Å². The Morgan fingerprint density at radius 1 is 1.43 bits per heavy atom. The first-order chi connectivity index (χ1) is 6.70. The van der Waals surface area contributed by atoms with Gasteiger partial charge in [-0.1, -0.05) is 37.1 Å². The fraction of sp³-hybridized carbons (Fsp3) is 0.417. The normalized spacial score (nSPS) is 11.8. The van der Waals surface area contributed by atoms with Crippen LogP contribution >= 0.6 is 8.46 Å². The van der Waals surface area contributed by atoms with Crippen molar-refractivity contribution in [3.8, 4) is 0 Å². The largest absolute Gasteiger partial charge is 0.269 e. The SMILES string of the molecule is CCC/C(C)=C/C=C/C(C)=C=CP=O. The van der Waals surface area contributed by atoms with Crippen molar-refractivity contribution in [2.24, 2.45) is 0 Å². The minimum atomic E-state index is 0.00818. The van der Waals surface area contributed by atoms with Gasteiger partial charge in [0, 0.05) is 5.82 Å². The van der Waals surface area contributed by atoms with Crippen molar-refractivity contribution < 1.29 is 4.57 Å². The first-order valence-corrected chi connectivity index (χ1v) is 5.67. The molecule has 0 atom stereocenters. The Kier molecular flexibility index (Phi) is 8.13. The van der Waals surface area contributed by atoms with Crippen LogP contribution in [0.25, 0.3) is 0 Å². The lowest BCUT2D eigenvalue weighted by atomic mass is 10.1. The van der Waals surface area contributed by atoms with Gasteiger partial charge >= 0.3 is 0 Å². The van der Waals surface area contributed by atoms with Crippen molar-refractivity contribution >= 4 is 8.46 Å². The summed E-state index contributed by atoms with van der Waals surface area (Å²) in [5.74, 6) is 1.47. The van der Waals surface area contributed by atoms with Crippen LogP contribution in [0.4, 0.5) is 0 Å². The van der Waals surface area contributed by atoms with E-state index in [1.165, 1.54) is 17.8 Å². The minimum absolute atomic E-state index is 0.00818. The summed E-state index contributed by atoms with van der Waals surface area (Å²) in [6.07, 6.45) is 8.38. The molecule has 0 saturated carbocycles. The molecule has 0 bridgehead atoms. The zero-order valence-electron chi connectivity index (χ0n) is 9.08. The summed E-state index contributed by atoms with van der Waals surface area (Å²) in [5, 5.41) is 0. The number of allylic oxidation sites excluding steroid dienone is 5. The molecule has 0 radical (unpaired) electrons. The van der Waals surface area contributed by atoms with Crippen molar-refractivity contribution in [3.63, 3.8) is 0 Å². The third kappa shape index (κ3) is 7.73. The van der Waals surface area contributed by atoms with Crippen LogP contribution in [-0.4, -0.2) is 0 Å². The fourth-order valence-corrected chi connectivity index (χ4v) is 1.27. The van der Waals surface area contributed by atoms with Gasteiger partial charge in [0.1, 0.15) is 0 Å². The molecule has 2 heteroatoms. The zero-order chi connectivity index (χ0) is 10.8. The van der Waals surface area contributed by atoms with Crippen LogP contribution in [0.2, 0.25) is 0 Å². The van der Waals surface area contributed by atoms with Gasteiger partial charge in [0.05, 0.1) is 0 Å². The summed E-state index contributed by atoms with van der Waals surface area (Å²) in [7, 11) is 0.00818. The van der Waals surface area contributed by atoms with E-state index in [4.69, 9.17) is 0 Å². The molecule has 0 heterocycles. The van der Waals surface area contributed by atoms with Crippen LogP contribution in [0, 0.1) is 0 Å². The number of rotatable bonds is 5. The predicted molar refractivity (Wildman–Crippen MR) is 62.7 cm³/mol. The highest BCUT2D eigenvalue weighted by molar-refractivity contribution is 7.27. The van der Waals surface area contributed by atoms with Crippen molar-refractivity contribution in [3.05, 3.63) is 40.9 Å². The maximum atomic E-state index is 10.1. The third-order valence-electron chi connectivity index (χ3n) is 1.72. The van der Waals surface area contributed by atoms with E-state index in [2.05, 4.69) is 25.7 Å². The van der Waals surface area contributed by atoms with Crippen molar-refractivity contribution in [1.29, 1.82) is 0 Å². The Labute approximate surface area is 88.1 Å². The molecule has 0 rings (SSSR count). The lowest BCUT2D eigenvalue weighted by Crippen LogP contribution is -1.72. The van der Waals surface area contributed by atoms with E-state index in [1.54, 1.807) is 0 Å². The van der Waals surface area contributed by atoms with Gasteiger partial charge in [0.2, 0.25) is 0 Å². The highest BCUT2D eigenvalue weighted by Crippen LogP contribution is 2.04. The van der Waals surface area contributed by atoms with Crippen molar-refractivity contribution in [2.45, 2.75) is 33.6 Å². The Morgan fingerprint density at radius 2 is 2.14 bits per heavy atom. The summed E-state index contributed by atoms with van der Waals surface area (Å²) in [4.78, 5) is 0. The molecule has 0 aliphatic heterocycles. The standard InChI is InChI=1S/C12H17OP/c1-4-6-11(2)7-5-8-12(3)9-10-14-13/h5,7-8,10H,4,6H2,1-3H3/b8-5+,11-7+. The van der Waals surface area contributed by atoms with E-state index in [9.17, 15) is 4.57 Å². The molecule has 0 unspecified atom stereocenters. The van der Waals surface area contributed by atoms with Crippen molar-refractivity contribution in [2.75, 3.05) is 0 Å². The van der Waals surface area contributed by atoms with Gasteiger partial charge in [-0.25, -0.2) is 0 Å². The Hall–Kier alpha value is -0.900. The van der Waals surface area contributed by atoms with E-state index in [-0.39, 0.29) is 8.46 Å². The van der Waals surface area contributed by atoms with E-state index >= 15 is 0 Å². The number of hydrogen-bond donors (Lipinski definition) is 0. The lowest BCUT2D eigenvalue weighted by Gasteiger charge is -1.93. The molecule has 0 saturated heterocycles. The minimum Gasteiger partial charge on any atom is -0.269 e. The molecule has 14 heavy (non-hydrogen) atoms. The average molecular weight is 208 g/mol. The van der Waals surface area contributed by atoms with Crippen LogP contribution in [0.1, 0.15) is 33.6 Å². The molecule has 1 nitrogen and oxygen atoms in total. The van der Waals surface area contributed by atoms with E-state index in [1.807, 2.05) is 19.1 Å². The summed E-state index contributed by atoms with van der Waals surface area (Å²) in [5.41, 5.74) is 5.25. The molecule has 0 N–H and O–H groups in total. The molecule has 0 amide bonds. The highest BCUT2D eigenvalue weighted by Gasteiger charge is 1.83.